The van der Waals surface area contributed by atoms with Crippen LogP contribution in [-0.2, 0) is 9.59 Å². The first kappa shape index (κ1) is 18.8. The van der Waals surface area contributed by atoms with E-state index in [4.69, 9.17) is 0 Å². The Morgan fingerprint density at radius 2 is 2.07 bits per heavy atom. The summed E-state index contributed by atoms with van der Waals surface area (Å²) in [4.78, 5) is 46.1. The molecule has 2 aliphatic rings. The fraction of sp³-hybridized carbons (Fsp3) is 0.176. The number of phenols is 1. The van der Waals surface area contributed by atoms with E-state index in [0.29, 0.717) is 0 Å². The van der Waals surface area contributed by atoms with Gasteiger partial charge in [0.1, 0.15) is 11.5 Å². The summed E-state index contributed by atoms with van der Waals surface area (Å²) in [6.07, 6.45) is 4.06. The van der Waals surface area contributed by atoms with Crippen molar-refractivity contribution in [3.05, 3.63) is 63.9 Å². The van der Waals surface area contributed by atoms with Crippen LogP contribution in [0.5, 0.6) is 5.75 Å². The van der Waals surface area contributed by atoms with E-state index in [2.05, 4.69) is 21.2 Å². The van der Waals surface area contributed by atoms with Gasteiger partial charge in [0.25, 0.3) is 23.4 Å². The molecule has 1 heterocycles. The van der Waals surface area contributed by atoms with Gasteiger partial charge in [0.15, 0.2) is 0 Å². The van der Waals surface area contributed by atoms with Gasteiger partial charge >= 0.3 is 0 Å². The maximum Gasteiger partial charge on any atom is 0.268 e. The minimum absolute atomic E-state index is 0.00562. The lowest BCUT2D eigenvalue weighted by atomic mass is 9.93. The molecular weight excluding hydrogens is 370 g/mol. The van der Waals surface area contributed by atoms with Crippen LogP contribution in [0, 0.1) is 16.0 Å². The number of amides is 3. The Balaban J connectivity index is 1.61. The highest BCUT2D eigenvalue weighted by Gasteiger charge is 2.40. The highest BCUT2D eigenvalue weighted by Crippen LogP contribution is 2.24. The molecule has 144 valence electrons. The molecule has 0 saturated carbocycles. The van der Waals surface area contributed by atoms with E-state index in [-0.39, 0.29) is 22.7 Å². The topological polar surface area (TPSA) is 163 Å². The van der Waals surface area contributed by atoms with E-state index in [9.17, 15) is 29.6 Å². The molecule has 1 aromatic carbocycles. The second-order valence-corrected chi connectivity index (χ2v) is 5.96. The molecule has 3 rings (SSSR count). The van der Waals surface area contributed by atoms with Crippen molar-refractivity contribution in [3.8, 4) is 5.75 Å². The van der Waals surface area contributed by atoms with E-state index in [1.54, 1.807) is 12.1 Å². The summed E-state index contributed by atoms with van der Waals surface area (Å²) < 4.78 is 0. The van der Waals surface area contributed by atoms with E-state index in [1.807, 2.05) is 0 Å². The molecule has 1 fully saturated rings. The summed E-state index contributed by atoms with van der Waals surface area (Å²) in [6.45, 7) is -0.449. The number of hydrogen-bond acceptors (Lipinski definition) is 7. The number of allylic oxidation sites excluding steroid dienone is 1. The van der Waals surface area contributed by atoms with Gasteiger partial charge in [-0.05, 0) is 12.1 Å². The van der Waals surface area contributed by atoms with Crippen molar-refractivity contribution in [3.63, 3.8) is 0 Å². The first-order valence-electron chi connectivity index (χ1n) is 8.14. The van der Waals surface area contributed by atoms with Gasteiger partial charge in [-0.25, -0.2) is 5.43 Å². The number of nitro groups is 1. The number of aromatic hydroxyl groups is 1. The van der Waals surface area contributed by atoms with Gasteiger partial charge in [0.05, 0.1) is 29.0 Å². The molecule has 0 spiro atoms. The minimum atomic E-state index is -0.711. The Morgan fingerprint density at radius 3 is 2.79 bits per heavy atom. The Kier molecular flexibility index (Phi) is 5.16. The standard InChI is InChI=1S/C17H15N5O6/c23-13-4-2-1-3-10(13)16(25)18-8-14(24)20-21-15-11-7-9(22(27)28)5-6-12(11)19-17(15)26/h1-7,11-12,23H,8H2,(H,18,25)(H,19,26)(H,20,24). The molecule has 11 heteroatoms. The number of rotatable bonds is 5. The Morgan fingerprint density at radius 1 is 1.32 bits per heavy atom. The number of phenolic OH excluding ortho intramolecular Hbond substituents is 1. The zero-order valence-corrected chi connectivity index (χ0v) is 14.3. The fourth-order valence-electron chi connectivity index (χ4n) is 2.76. The van der Waals surface area contributed by atoms with Crippen molar-refractivity contribution in [1.82, 2.24) is 16.1 Å². The number of carbonyl (C=O) groups excluding carboxylic acids is 3. The highest BCUT2D eigenvalue weighted by molar-refractivity contribution is 6.42. The first-order valence-corrected chi connectivity index (χ1v) is 8.14. The van der Waals surface area contributed by atoms with Crippen LogP contribution in [0.3, 0.4) is 0 Å². The molecule has 1 aromatic rings. The lowest BCUT2D eigenvalue weighted by molar-refractivity contribution is -0.419. The SMILES string of the molecule is O=C(CNC(=O)c1ccccc1O)NN=C1C(=O)NC2C=CC([N+](=O)[O-])=CC12. The maximum atomic E-state index is 12.0. The van der Waals surface area contributed by atoms with Crippen molar-refractivity contribution >= 4 is 23.4 Å². The molecule has 0 radical (unpaired) electrons. The van der Waals surface area contributed by atoms with E-state index < -0.39 is 41.1 Å². The normalized spacial score (nSPS) is 21.5. The lowest BCUT2D eigenvalue weighted by Gasteiger charge is -2.14. The molecule has 1 saturated heterocycles. The molecule has 0 aromatic heterocycles. The third-order valence-corrected chi connectivity index (χ3v) is 4.13. The smallest absolute Gasteiger partial charge is 0.268 e. The number of fused-ring (bicyclic) bond motifs is 1. The summed E-state index contributed by atoms with van der Waals surface area (Å²) >= 11 is 0. The average Bonchev–Trinajstić information content (AvgIpc) is 2.99. The van der Waals surface area contributed by atoms with Gasteiger partial charge in [-0.1, -0.05) is 18.2 Å². The number of hydrazone groups is 1. The van der Waals surface area contributed by atoms with Crippen LogP contribution >= 0.6 is 0 Å². The van der Waals surface area contributed by atoms with Crippen LogP contribution in [0.2, 0.25) is 0 Å². The molecule has 1 aliphatic heterocycles. The second-order valence-electron chi connectivity index (χ2n) is 5.96. The largest absolute Gasteiger partial charge is 0.507 e. The Labute approximate surface area is 158 Å². The lowest BCUT2D eigenvalue weighted by Crippen LogP contribution is -2.36. The molecule has 2 atom stereocenters. The average molecular weight is 385 g/mol. The second kappa shape index (κ2) is 7.70. The predicted octanol–water partition coefficient (Wildman–Crippen LogP) is -0.561. The van der Waals surface area contributed by atoms with Crippen LogP contribution < -0.4 is 16.1 Å². The van der Waals surface area contributed by atoms with Crippen molar-refractivity contribution in [2.24, 2.45) is 11.0 Å². The molecule has 2 unspecified atom stereocenters. The van der Waals surface area contributed by atoms with E-state index in [0.717, 1.165) is 0 Å². The summed E-state index contributed by atoms with van der Waals surface area (Å²) in [5, 5.41) is 29.2. The number of hydrogen-bond donors (Lipinski definition) is 4. The van der Waals surface area contributed by atoms with Gasteiger partial charge in [0.2, 0.25) is 0 Å². The van der Waals surface area contributed by atoms with Crippen LogP contribution in [0.15, 0.2) is 53.3 Å². The van der Waals surface area contributed by atoms with Gasteiger partial charge in [0, 0.05) is 12.2 Å². The van der Waals surface area contributed by atoms with Gasteiger partial charge in [-0.3, -0.25) is 24.5 Å². The van der Waals surface area contributed by atoms with Crippen LogP contribution in [0.1, 0.15) is 10.4 Å². The van der Waals surface area contributed by atoms with Crippen molar-refractivity contribution in [1.29, 1.82) is 0 Å². The molecule has 4 N–H and O–H groups in total. The number of benzene rings is 1. The molecule has 28 heavy (non-hydrogen) atoms. The first-order chi connectivity index (χ1) is 13.4. The number of para-hydroxylation sites is 1. The third-order valence-electron chi connectivity index (χ3n) is 4.13. The Hall–Kier alpha value is -4.02. The quantitative estimate of drug-likeness (QED) is 0.392. The molecule has 11 nitrogen and oxygen atoms in total. The van der Waals surface area contributed by atoms with Crippen LogP contribution in [0.4, 0.5) is 0 Å². The summed E-state index contributed by atoms with van der Waals surface area (Å²) in [6, 6.07) is 5.35. The van der Waals surface area contributed by atoms with Crippen molar-refractivity contribution < 1.29 is 24.4 Å². The van der Waals surface area contributed by atoms with E-state index >= 15 is 0 Å². The van der Waals surface area contributed by atoms with Crippen LogP contribution in [-0.4, -0.2) is 46.0 Å². The molecule has 1 aliphatic carbocycles. The van der Waals surface area contributed by atoms with Crippen LogP contribution in [0.25, 0.3) is 0 Å². The zero-order chi connectivity index (χ0) is 20.3. The minimum Gasteiger partial charge on any atom is -0.507 e. The van der Waals surface area contributed by atoms with Gasteiger partial charge < -0.3 is 15.7 Å². The maximum absolute atomic E-state index is 12.0. The molecule has 0 bridgehead atoms. The fourth-order valence-corrected chi connectivity index (χ4v) is 2.76. The number of carbonyl (C=O) groups is 3. The predicted molar refractivity (Wildman–Crippen MR) is 95.7 cm³/mol. The highest BCUT2D eigenvalue weighted by atomic mass is 16.6. The van der Waals surface area contributed by atoms with Crippen molar-refractivity contribution in [2.75, 3.05) is 6.54 Å². The summed E-state index contributed by atoms with van der Waals surface area (Å²) in [7, 11) is 0. The molecular formula is C17H15N5O6. The number of nitrogens with one attached hydrogen (secondary N) is 3. The monoisotopic (exact) mass is 385 g/mol. The molecule has 3 amide bonds. The Bertz CT molecular complexity index is 951. The van der Waals surface area contributed by atoms with E-state index in [1.165, 1.54) is 30.4 Å². The van der Waals surface area contributed by atoms with Gasteiger partial charge in [-0.2, -0.15) is 5.10 Å². The summed E-state index contributed by atoms with van der Waals surface area (Å²) in [5.74, 6) is -2.84. The third kappa shape index (κ3) is 3.87. The van der Waals surface area contributed by atoms with Gasteiger partial charge in [-0.15, -0.1) is 0 Å². The van der Waals surface area contributed by atoms with Crippen molar-refractivity contribution in [2.45, 2.75) is 6.04 Å². The number of nitrogens with zero attached hydrogens (tertiary/aromatic N) is 2. The summed E-state index contributed by atoms with van der Waals surface area (Å²) in [5.41, 5.74) is 1.90. The zero-order valence-electron chi connectivity index (χ0n) is 14.3.